The minimum absolute atomic E-state index is 0.00304. The lowest BCUT2D eigenvalue weighted by atomic mass is 9.93. The number of fused-ring (bicyclic) bond motifs is 2. The van der Waals surface area contributed by atoms with Gasteiger partial charge in [0.05, 0.1) is 6.54 Å². The van der Waals surface area contributed by atoms with Gasteiger partial charge in [-0.15, -0.1) is 0 Å². The molecule has 54 heavy (non-hydrogen) atoms. The Labute approximate surface area is 316 Å². The van der Waals surface area contributed by atoms with E-state index >= 15 is 0 Å². The summed E-state index contributed by atoms with van der Waals surface area (Å²) in [6.45, 7) is 8.54. The van der Waals surface area contributed by atoms with E-state index in [0.717, 1.165) is 48.4 Å². The van der Waals surface area contributed by atoms with Crippen molar-refractivity contribution >= 4 is 41.2 Å². The molecule has 4 aliphatic heterocycles. The van der Waals surface area contributed by atoms with Crippen LogP contribution in [0.25, 0.3) is 0 Å². The molecule has 12 heteroatoms. The van der Waals surface area contributed by atoms with Crippen molar-refractivity contribution in [2.45, 2.75) is 96.1 Å². The average Bonchev–Trinajstić information content (AvgIpc) is 3.93. The fourth-order valence-electron chi connectivity index (χ4n) is 8.39. The van der Waals surface area contributed by atoms with Gasteiger partial charge in [0.1, 0.15) is 18.8 Å². The second kappa shape index (κ2) is 17.3. The summed E-state index contributed by atoms with van der Waals surface area (Å²) >= 11 is 0. The van der Waals surface area contributed by atoms with Gasteiger partial charge >= 0.3 is 18.0 Å². The zero-order valence-corrected chi connectivity index (χ0v) is 31.4. The maximum atomic E-state index is 13.0. The number of carbonyl (C=O) groups is 5. The third-order valence-electron chi connectivity index (χ3n) is 10.7. The number of nitrogens with one attached hydrogen (secondary N) is 1. The van der Waals surface area contributed by atoms with Gasteiger partial charge in [0.25, 0.3) is 0 Å². The predicted octanol–water partition coefficient (Wildman–Crippen LogP) is 5.69. The summed E-state index contributed by atoms with van der Waals surface area (Å²) in [6.07, 6.45) is 2.22. The molecule has 286 valence electrons. The molecule has 6 atom stereocenters. The highest BCUT2D eigenvalue weighted by Crippen LogP contribution is 2.42. The number of nitrogens with zero attached hydrogens (tertiary/aromatic N) is 3. The van der Waals surface area contributed by atoms with E-state index < -0.39 is 6.09 Å². The number of likely N-dealkylation sites (tertiary alicyclic amines) is 1. The second-order valence-electron chi connectivity index (χ2n) is 14.6. The van der Waals surface area contributed by atoms with E-state index in [9.17, 15) is 24.0 Å². The predicted molar refractivity (Wildman–Crippen MR) is 203 cm³/mol. The molecule has 3 aromatic rings. The number of amides is 3. The van der Waals surface area contributed by atoms with Gasteiger partial charge in [-0.25, -0.2) is 4.79 Å². The van der Waals surface area contributed by atoms with Crippen LogP contribution in [0.15, 0.2) is 78.9 Å². The first-order valence-electron chi connectivity index (χ1n) is 18.8. The molecule has 1 N–H and O–H groups in total. The van der Waals surface area contributed by atoms with Crippen LogP contribution >= 0.6 is 0 Å². The van der Waals surface area contributed by atoms with Gasteiger partial charge in [-0.1, -0.05) is 66.7 Å². The molecule has 0 saturated carbocycles. The highest BCUT2D eigenvalue weighted by Gasteiger charge is 2.42. The first kappa shape index (κ1) is 38.5. The standard InChI is InChI=1S/C25H28N2O5.C17H22N2O3/c1-17(28)26-14-20(23-10-6-7-11-24(23)26)12-21-13-22(32-18(2)29)15-27(21)25(30)31-16-19-8-4-3-5-9-19;1-11(20)19-10-13(16-5-3-4-6-17(16)19)7-14-8-15(9-18-14)22-12(2)21/h3-11,20-22H,12-16H2,1-2H3;3-6,13-15,18H,7-10H2,1-2H3/t20-,21+,22-;13-,14+,15-/m00/s1. The molecule has 0 aliphatic carbocycles. The number of hydrogen-bond donors (Lipinski definition) is 1. The molecule has 7 rings (SSSR count). The molecule has 4 heterocycles. The van der Waals surface area contributed by atoms with Gasteiger partial charge in [0.2, 0.25) is 11.8 Å². The summed E-state index contributed by atoms with van der Waals surface area (Å²) in [4.78, 5) is 64.8. The highest BCUT2D eigenvalue weighted by molar-refractivity contribution is 5.95. The second-order valence-corrected chi connectivity index (χ2v) is 14.6. The van der Waals surface area contributed by atoms with E-state index in [1.807, 2.05) is 77.7 Å². The molecular weight excluding hydrogens is 688 g/mol. The van der Waals surface area contributed by atoms with Gasteiger partial charge in [0, 0.05) is 95.5 Å². The zero-order chi connectivity index (χ0) is 38.4. The molecule has 3 aromatic carbocycles. The van der Waals surface area contributed by atoms with Gasteiger partial charge < -0.3 is 34.2 Å². The third-order valence-corrected chi connectivity index (χ3v) is 10.7. The van der Waals surface area contributed by atoms with Crippen molar-refractivity contribution in [3.05, 3.63) is 95.6 Å². The number of benzene rings is 3. The number of ether oxygens (including phenoxy) is 3. The van der Waals surface area contributed by atoms with Crippen LogP contribution in [0.1, 0.15) is 81.9 Å². The summed E-state index contributed by atoms with van der Waals surface area (Å²) in [6, 6.07) is 25.7. The first-order valence-corrected chi connectivity index (χ1v) is 18.8. The Morgan fingerprint density at radius 1 is 0.648 bits per heavy atom. The van der Waals surface area contributed by atoms with Crippen molar-refractivity contribution in [1.82, 2.24) is 10.2 Å². The minimum atomic E-state index is -0.414. The summed E-state index contributed by atoms with van der Waals surface area (Å²) in [5.74, 6) is -0.0478. The molecule has 0 spiro atoms. The van der Waals surface area contributed by atoms with Crippen molar-refractivity contribution in [2.24, 2.45) is 0 Å². The maximum Gasteiger partial charge on any atom is 0.410 e. The Balaban J connectivity index is 0.000000197. The van der Waals surface area contributed by atoms with Crippen LogP contribution in [0.3, 0.4) is 0 Å². The van der Waals surface area contributed by atoms with Crippen LogP contribution in [0.2, 0.25) is 0 Å². The van der Waals surface area contributed by atoms with Gasteiger partial charge in [-0.2, -0.15) is 0 Å². The normalized spacial score (nSPS) is 23.9. The van der Waals surface area contributed by atoms with Crippen molar-refractivity contribution in [3.63, 3.8) is 0 Å². The van der Waals surface area contributed by atoms with Crippen molar-refractivity contribution in [3.8, 4) is 0 Å². The highest BCUT2D eigenvalue weighted by atomic mass is 16.6. The third kappa shape index (κ3) is 9.28. The number of rotatable bonds is 8. The van der Waals surface area contributed by atoms with E-state index in [1.54, 1.807) is 23.6 Å². The Hall–Kier alpha value is -5.23. The molecule has 3 amide bonds. The fraction of sp³-hybridized carbons (Fsp3) is 0.452. The summed E-state index contributed by atoms with van der Waals surface area (Å²) in [7, 11) is 0. The largest absolute Gasteiger partial charge is 0.461 e. The van der Waals surface area contributed by atoms with E-state index in [1.165, 1.54) is 19.4 Å². The van der Waals surface area contributed by atoms with Crippen LogP contribution in [-0.2, 0) is 40.0 Å². The fourth-order valence-corrected chi connectivity index (χ4v) is 8.39. The number of hydrogen-bond acceptors (Lipinski definition) is 9. The minimum Gasteiger partial charge on any atom is -0.461 e. The van der Waals surface area contributed by atoms with Crippen molar-refractivity contribution in [2.75, 3.05) is 36.0 Å². The van der Waals surface area contributed by atoms with Crippen LogP contribution in [0.5, 0.6) is 0 Å². The topological polar surface area (TPSA) is 135 Å². The lowest BCUT2D eigenvalue weighted by Gasteiger charge is -2.26. The Kier molecular flexibility index (Phi) is 12.3. The zero-order valence-electron chi connectivity index (χ0n) is 31.4. The summed E-state index contributed by atoms with van der Waals surface area (Å²) < 4.78 is 16.3. The average molecular weight is 739 g/mol. The number of anilines is 2. The SMILES string of the molecule is CC(=O)O[C@@H]1CN[C@H](C[C@H]2CN(C(C)=O)c3ccccc32)C1.CC(=O)O[C@H]1C[C@@H](C[C@H]2CN(C(C)=O)c3ccccc32)N(C(=O)OCc2ccccc2)C1. The van der Waals surface area contributed by atoms with Gasteiger partial charge in [-0.05, 0) is 41.7 Å². The quantitative estimate of drug-likeness (QED) is 0.229. The first-order chi connectivity index (χ1) is 26.0. The molecule has 12 nitrogen and oxygen atoms in total. The molecule has 0 radical (unpaired) electrons. The number of esters is 2. The Bertz CT molecular complexity index is 1840. The maximum absolute atomic E-state index is 13.0. The molecule has 0 unspecified atom stereocenters. The van der Waals surface area contributed by atoms with Crippen LogP contribution in [-0.4, -0.2) is 85.2 Å². The Morgan fingerprint density at radius 2 is 1.19 bits per heavy atom. The lowest BCUT2D eigenvalue weighted by Crippen LogP contribution is -2.38. The monoisotopic (exact) mass is 738 g/mol. The molecular formula is C42H50N4O8. The van der Waals surface area contributed by atoms with E-state index in [0.29, 0.717) is 37.9 Å². The summed E-state index contributed by atoms with van der Waals surface area (Å²) in [5, 5.41) is 3.43. The molecule has 2 saturated heterocycles. The smallest absolute Gasteiger partial charge is 0.410 e. The lowest BCUT2D eigenvalue weighted by molar-refractivity contribution is -0.146. The van der Waals surface area contributed by atoms with Crippen LogP contribution in [0.4, 0.5) is 16.2 Å². The molecule has 0 aromatic heterocycles. The number of para-hydroxylation sites is 2. The molecule has 4 aliphatic rings. The van der Waals surface area contributed by atoms with Crippen LogP contribution in [0, 0.1) is 0 Å². The van der Waals surface area contributed by atoms with E-state index in [-0.39, 0.29) is 54.5 Å². The van der Waals surface area contributed by atoms with Crippen molar-refractivity contribution < 1.29 is 38.2 Å². The van der Waals surface area contributed by atoms with Gasteiger partial charge in [0.15, 0.2) is 0 Å². The van der Waals surface area contributed by atoms with E-state index in [2.05, 4.69) is 11.4 Å². The Morgan fingerprint density at radius 3 is 1.76 bits per heavy atom. The molecule has 0 bridgehead atoms. The summed E-state index contributed by atoms with van der Waals surface area (Å²) in [5.41, 5.74) is 5.23. The van der Waals surface area contributed by atoms with Crippen molar-refractivity contribution in [1.29, 1.82) is 0 Å². The molecule has 2 fully saturated rings. The van der Waals surface area contributed by atoms with E-state index in [4.69, 9.17) is 14.2 Å². The van der Waals surface area contributed by atoms with Crippen LogP contribution < -0.4 is 15.1 Å². The number of carbonyl (C=O) groups excluding carboxylic acids is 5. The van der Waals surface area contributed by atoms with Gasteiger partial charge in [-0.3, -0.25) is 19.2 Å².